The van der Waals surface area contributed by atoms with Crippen molar-refractivity contribution in [1.29, 1.82) is 0 Å². The van der Waals surface area contributed by atoms with Crippen LogP contribution in [0.2, 0.25) is 0 Å². The summed E-state index contributed by atoms with van der Waals surface area (Å²) in [5.41, 5.74) is 5.71. The van der Waals surface area contributed by atoms with Crippen molar-refractivity contribution in [2.24, 2.45) is 10.7 Å². The molecule has 5 heteroatoms. The van der Waals surface area contributed by atoms with Gasteiger partial charge in [0.25, 0.3) is 0 Å². The van der Waals surface area contributed by atoms with Crippen LogP contribution in [0.1, 0.15) is 65.7 Å². The van der Waals surface area contributed by atoms with Gasteiger partial charge >= 0.3 is 5.97 Å². The van der Waals surface area contributed by atoms with E-state index >= 15 is 0 Å². The Balaban J connectivity index is 3.49. The molecule has 0 aliphatic heterocycles. The first kappa shape index (κ1) is 18.7. The van der Waals surface area contributed by atoms with Crippen LogP contribution in [0, 0.1) is 0 Å². The molecule has 118 valence electrons. The van der Waals surface area contributed by atoms with E-state index in [0.717, 1.165) is 13.0 Å². The van der Waals surface area contributed by atoms with E-state index in [1.54, 1.807) is 0 Å². The van der Waals surface area contributed by atoms with Crippen LogP contribution in [0.3, 0.4) is 0 Å². The zero-order valence-corrected chi connectivity index (χ0v) is 13.3. The molecule has 0 bridgehead atoms. The third-order valence-electron chi connectivity index (χ3n) is 2.80. The lowest BCUT2D eigenvalue weighted by Gasteiger charge is -2.08. The van der Waals surface area contributed by atoms with Crippen molar-refractivity contribution < 1.29 is 9.53 Å². The highest BCUT2D eigenvalue weighted by atomic mass is 16.5. The van der Waals surface area contributed by atoms with Gasteiger partial charge in [-0.25, -0.2) is 0 Å². The van der Waals surface area contributed by atoms with Gasteiger partial charge in [0, 0.05) is 13.1 Å². The fourth-order valence-corrected chi connectivity index (χ4v) is 1.76. The third-order valence-corrected chi connectivity index (χ3v) is 2.80. The number of ether oxygens (including phenoxy) is 1. The Morgan fingerprint density at radius 1 is 1.20 bits per heavy atom. The molecule has 0 aliphatic carbocycles. The highest BCUT2D eigenvalue weighted by Gasteiger charge is 2.04. The summed E-state index contributed by atoms with van der Waals surface area (Å²) in [6.07, 6.45) is 7.70. The Kier molecular flexibility index (Phi) is 12.0. The Morgan fingerprint density at radius 3 is 2.50 bits per heavy atom. The maximum absolute atomic E-state index is 11.3. The number of nitrogens with zero attached hydrogens (tertiary/aromatic N) is 1. The number of aliphatic imine (C=N–C) groups is 1. The molecule has 0 saturated carbocycles. The van der Waals surface area contributed by atoms with Crippen LogP contribution in [0.4, 0.5) is 0 Å². The van der Waals surface area contributed by atoms with Crippen LogP contribution in [0.5, 0.6) is 0 Å². The molecule has 0 aromatic rings. The van der Waals surface area contributed by atoms with E-state index in [0.29, 0.717) is 18.9 Å². The SMILES string of the molecule is CCCCCCCCN=C(N)NCCC(=O)OC(C)C. The third kappa shape index (κ3) is 13.2. The molecule has 20 heavy (non-hydrogen) atoms. The van der Waals surface area contributed by atoms with E-state index in [4.69, 9.17) is 10.5 Å². The highest BCUT2D eigenvalue weighted by molar-refractivity contribution is 5.78. The molecule has 0 aromatic carbocycles. The van der Waals surface area contributed by atoms with Crippen LogP contribution in [0.25, 0.3) is 0 Å². The zero-order chi connectivity index (χ0) is 15.2. The van der Waals surface area contributed by atoms with Gasteiger partial charge in [-0.2, -0.15) is 0 Å². The second kappa shape index (κ2) is 12.8. The van der Waals surface area contributed by atoms with E-state index < -0.39 is 0 Å². The summed E-state index contributed by atoms with van der Waals surface area (Å²) >= 11 is 0. The van der Waals surface area contributed by atoms with Gasteiger partial charge in [0.1, 0.15) is 0 Å². The van der Waals surface area contributed by atoms with Crippen molar-refractivity contribution in [1.82, 2.24) is 5.32 Å². The van der Waals surface area contributed by atoms with Crippen molar-refractivity contribution in [3.63, 3.8) is 0 Å². The summed E-state index contributed by atoms with van der Waals surface area (Å²) in [5, 5.41) is 2.92. The highest BCUT2D eigenvalue weighted by Crippen LogP contribution is 2.04. The van der Waals surface area contributed by atoms with Crippen LogP contribution < -0.4 is 11.1 Å². The number of carbonyl (C=O) groups excluding carboxylic acids is 1. The summed E-state index contributed by atoms with van der Waals surface area (Å²) in [6, 6.07) is 0. The molecule has 3 N–H and O–H groups in total. The second-order valence-electron chi connectivity index (χ2n) is 5.25. The summed E-state index contributed by atoms with van der Waals surface area (Å²) in [4.78, 5) is 15.5. The normalized spacial score (nSPS) is 11.7. The Hall–Kier alpha value is -1.26. The summed E-state index contributed by atoms with van der Waals surface area (Å²) in [7, 11) is 0. The molecular formula is C15H31N3O2. The van der Waals surface area contributed by atoms with Gasteiger partial charge in [-0.3, -0.25) is 9.79 Å². The van der Waals surface area contributed by atoms with Gasteiger partial charge in [-0.15, -0.1) is 0 Å². The fraction of sp³-hybridized carbons (Fsp3) is 0.867. The summed E-state index contributed by atoms with van der Waals surface area (Å²) < 4.78 is 5.02. The van der Waals surface area contributed by atoms with Crippen molar-refractivity contribution in [3.05, 3.63) is 0 Å². The van der Waals surface area contributed by atoms with Crippen molar-refractivity contribution in [2.45, 2.75) is 71.8 Å². The standard InChI is InChI=1S/C15H31N3O2/c1-4-5-6-7-8-9-11-17-15(16)18-12-10-14(19)20-13(2)3/h13H,4-12H2,1-3H3,(H3,16,17,18). The lowest BCUT2D eigenvalue weighted by atomic mass is 10.1. The molecule has 5 nitrogen and oxygen atoms in total. The summed E-state index contributed by atoms with van der Waals surface area (Å²) in [6.45, 7) is 7.11. The predicted octanol–water partition coefficient (Wildman–Crippen LogP) is 2.59. The average molecular weight is 285 g/mol. The first-order valence-corrected chi connectivity index (χ1v) is 7.79. The molecule has 0 amide bonds. The molecule has 0 rings (SSSR count). The Labute approximate surface area is 123 Å². The Morgan fingerprint density at radius 2 is 1.85 bits per heavy atom. The Bertz CT molecular complexity index is 278. The van der Waals surface area contributed by atoms with Crippen LogP contribution in [-0.2, 0) is 9.53 Å². The number of unbranched alkanes of at least 4 members (excludes halogenated alkanes) is 5. The molecule has 0 radical (unpaired) electrons. The summed E-state index contributed by atoms with van der Waals surface area (Å²) in [5.74, 6) is 0.201. The number of rotatable bonds is 11. The smallest absolute Gasteiger partial charge is 0.307 e. The number of hydrogen-bond donors (Lipinski definition) is 2. The van der Waals surface area contributed by atoms with Gasteiger partial charge in [-0.1, -0.05) is 39.0 Å². The zero-order valence-electron chi connectivity index (χ0n) is 13.3. The maximum atomic E-state index is 11.3. The van der Waals surface area contributed by atoms with E-state index in [1.165, 1.54) is 32.1 Å². The van der Waals surface area contributed by atoms with Crippen LogP contribution in [0.15, 0.2) is 4.99 Å². The quantitative estimate of drug-likeness (QED) is 0.265. The molecule has 0 atom stereocenters. The van der Waals surface area contributed by atoms with Crippen molar-refractivity contribution in [2.75, 3.05) is 13.1 Å². The van der Waals surface area contributed by atoms with Gasteiger partial charge in [0.05, 0.1) is 12.5 Å². The molecule has 0 saturated heterocycles. The molecule has 0 spiro atoms. The lowest BCUT2D eigenvalue weighted by molar-refractivity contribution is -0.147. The minimum absolute atomic E-state index is 0.0683. The largest absolute Gasteiger partial charge is 0.463 e. The predicted molar refractivity (Wildman–Crippen MR) is 83.7 cm³/mol. The molecule has 0 fully saturated rings. The molecule has 0 unspecified atom stereocenters. The first-order chi connectivity index (χ1) is 9.56. The molecule has 0 aliphatic rings. The van der Waals surface area contributed by atoms with E-state index in [2.05, 4.69) is 17.2 Å². The van der Waals surface area contributed by atoms with E-state index in [-0.39, 0.29) is 12.1 Å². The second-order valence-corrected chi connectivity index (χ2v) is 5.25. The van der Waals surface area contributed by atoms with Crippen LogP contribution in [-0.4, -0.2) is 31.1 Å². The number of nitrogens with two attached hydrogens (primary N) is 1. The number of esters is 1. The number of nitrogens with one attached hydrogen (secondary N) is 1. The van der Waals surface area contributed by atoms with Gasteiger partial charge < -0.3 is 15.8 Å². The minimum atomic E-state index is -0.212. The van der Waals surface area contributed by atoms with E-state index in [1.807, 2.05) is 13.8 Å². The topological polar surface area (TPSA) is 76.7 Å². The number of carbonyl (C=O) groups is 1. The number of hydrogen-bond acceptors (Lipinski definition) is 3. The van der Waals surface area contributed by atoms with Crippen molar-refractivity contribution in [3.8, 4) is 0 Å². The van der Waals surface area contributed by atoms with Gasteiger partial charge in [0.2, 0.25) is 0 Å². The van der Waals surface area contributed by atoms with Crippen molar-refractivity contribution >= 4 is 11.9 Å². The van der Waals surface area contributed by atoms with Crippen LogP contribution >= 0.6 is 0 Å². The monoisotopic (exact) mass is 285 g/mol. The maximum Gasteiger partial charge on any atom is 0.307 e. The molecular weight excluding hydrogens is 254 g/mol. The van der Waals surface area contributed by atoms with Gasteiger partial charge in [0.15, 0.2) is 5.96 Å². The first-order valence-electron chi connectivity index (χ1n) is 7.79. The molecule has 0 aromatic heterocycles. The van der Waals surface area contributed by atoms with E-state index in [9.17, 15) is 4.79 Å². The van der Waals surface area contributed by atoms with Gasteiger partial charge in [-0.05, 0) is 20.3 Å². The minimum Gasteiger partial charge on any atom is -0.463 e. The lowest BCUT2D eigenvalue weighted by Crippen LogP contribution is -2.33. The molecule has 0 heterocycles. The fourth-order valence-electron chi connectivity index (χ4n) is 1.76. The average Bonchev–Trinajstić information content (AvgIpc) is 2.36. The number of guanidine groups is 1.